The Morgan fingerprint density at radius 3 is 3.43 bits per heavy atom. The Hall–Kier alpha value is -0.0800. The molecule has 1 heterocycles. The van der Waals surface area contributed by atoms with Crippen molar-refractivity contribution in [2.45, 2.75) is 19.3 Å². The third-order valence-electron chi connectivity index (χ3n) is 1.02. The lowest BCUT2D eigenvalue weighted by molar-refractivity contribution is 0.102. The molecule has 1 N–H and O–H groups in total. The molecule has 0 saturated carbocycles. The van der Waals surface area contributed by atoms with Gasteiger partial charge in [-0.05, 0) is 19.3 Å². The third kappa shape index (κ3) is 1.90. The second kappa shape index (κ2) is 2.99. The summed E-state index contributed by atoms with van der Waals surface area (Å²) >= 11 is 0. The van der Waals surface area contributed by atoms with Crippen molar-refractivity contribution in [1.82, 2.24) is 5.48 Å². The summed E-state index contributed by atoms with van der Waals surface area (Å²) in [6, 6.07) is 0. The van der Waals surface area contributed by atoms with Crippen LogP contribution in [0.5, 0.6) is 0 Å². The molecule has 0 aromatic carbocycles. The number of hydrogen-bond acceptors (Lipinski definition) is 2. The second-order valence-corrected chi connectivity index (χ2v) is 1.67. The van der Waals surface area contributed by atoms with Crippen LogP contribution in [0, 0.1) is 6.61 Å². The van der Waals surface area contributed by atoms with Gasteiger partial charge in [0, 0.05) is 6.54 Å². The van der Waals surface area contributed by atoms with Gasteiger partial charge in [-0.25, -0.2) is 5.48 Å². The zero-order valence-corrected chi connectivity index (χ0v) is 4.31. The van der Waals surface area contributed by atoms with E-state index in [0.29, 0.717) is 0 Å². The summed E-state index contributed by atoms with van der Waals surface area (Å²) in [5, 5.41) is 0. The molecule has 2 nitrogen and oxygen atoms in total. The minimum absolute atomic E-state index is 0.997. The summed E-state index contributed by atoms with van der Waals surface area (Å²) in [6.07, 6.45) is 3.58. The highest BCUT2D eigenvalue weighted by Gasteiger charge is 1.94. The fourth-order valence-electron chi connectivity index (χ4n) is 0.602. The predicted octanol–water partition coefficient (Wildman–Crippen LogP) is 0.853. The molecule has 0 aromatic heterocycles. The van der Waals surface area contributed by atoms with Gasteiger partial charge < -0.3 is 0 Å². The molecule has 0 amide bonds. The van der Waals surface area contributed by atoms with Crippen molar-refractivity contribution in [3.63, 3.8) is 0 Å². The predicted molar refractivity (Wildman–Crippen MR) is 27.2 cm³/mol. The van der Waals surface area contributed by atoms with Crippen LogP contribution in [0.3, 0.4) is 0 Å². The fraction of sp³-hybridized carbons (Fsp3) is 0.800. The molecular formula is C5H10NO. The van der Waals surface area contributed by atoms with E-state index in [9.17, 15) is 0 Å². The van der Waals surface area contributed by atoms with Crippen LogP contribution in [-0.4, -0.2) is 6.54 Å². The lowest BCUT2D eigenvalue weighted by Gasteiger charge is -1.93. The van der Waals surface area contributed by atoms with E-state index >= 15 is 0 Å². The van der Waals surface area contributed by atoms with Crippen LogP contribution in [-0.2, 0) is 4.84 Å². The Morgan fingerprint density at radius 1 is 1.43 bits per heavy atom. The van der Waals surface area contributed by atoms with Crippen molar-refractivity contribution in [2.75, 3.05) is 6.54 Å². The highest BCUT2D eigenvalue weighted by molar-refractivity contribution is 4.54. The van der Waals surface area contributed by atoms with Crippen molar-refractivity contribution in [3.8, 4) is 0 Å². The number of hydroxylamine groups is 1. The summed E-state index contributed by atoms with van der Waals surface area (Å²) in [5.74, 6) is 0. The molecule has 1 radical (unpaired) electrons. The highest BCUT2D eigenvalue weighted by atomic mass is 16.6. The van der Waals surface area contributed by atoms with Crippen LogP contribution >= 0.6 is 0 Å². The van der Waals surface area contributed by atoms with Gasteiger partial charge in [-0.2, -0.15) is 0 Å². The van der Waals surface area contributed by atoms with Gasteiger partial charge in [0.1, 0.15) is 6.61 Å². The molecule has 1 aliphatic rings. The first-order valence-electron chi connectivity index (χ1n) is 2.70. The van der Waals surface area contributed by atoms with Gasteiger partial charge in [0.15, 0.2) is 0 Å². The molecule has 1 rings (SSSR count). The summed E-state index contributed by atoms with van der Waals surface area (Å²) in [5.41, 5.74) is 2.79. The maximum atomic E-state index is 4.82. The van der Waals surface area contributed by atoms with Gasteiger partial charge in [0.2, 0.25) is 0 Å². The third-order valence-corrected chi connectivity index (χ3v) is 1.02. The Balaban J connectivity index is 2.04. The smallest absolute Gasteiger partial charge is 0.107 e. The maximum absolute atomic E-state index is 4.82. The number of rotatable bonds is 0. The van der Waals surface area contributed by atoms with Crippen molar-refractivity contribution in [2.24, 2.45) is 0 Å². The molecule has 0 aliphatic carbocycles. The van der Waals surface area contributed by atoms with Crippen molar-refractivity contribution < 1.29 is 4.84 Å². The molecule has 0 aromatic rings. The number of hydrogen-bond donors (Lipinski definition) is 1. The van der Waals surface area contributed by atoms with Crippen LogP contribution in [0.4, 0.5) is 0 Å². The molecule has 0 spiro atoms. The lowest BCUT2D eigenvalue weighted by atomic mass is 10.2. The average molecular weight is 100 g/mol. The molecule has 7 heavy (non-hydrogen) atoms. The van der Waals surface area contributed by atoms with Crippen LogP contribution < -0.4 is 5.48 Å². The van der Waals surface area contributed by atoms with E-state index in [1.807, 2.05) is 6.61 Å². The van der Waals surface area contributed by atoms with E-state index in [0.717, 1.165) is 13.0 Å². The average Bonchev–Trinajstić information content (AvgIpc) is 1.90. The van der Waals surface area contributed by atoms with Gasteiger partial charge in [0.25, 0.3) is 0 Å². The number of nitrogens with one attached hydrogen (secondary N) is 1. The fourth-order valence-corrected chi connectivity index (χ4v) is 0.602. The first-order chi connectivity index (χ1) is 3.50. The Labute approximate surface area is 43.8 Å². The minimum Gasteiger partial charge on any atom is -0.296 e. The van der Waals surface area contributed by atoms with E-state index in [4.69, 9.17) is 4.84 Å². The topological polar surface area (TPSA) is 21.3 Å². The largest absolute Gasteiger partial charge is 0.296 e. The Kier molecular flexibility index (Phi) is 2.17. The molecular weight excluding hydrogens is 90.1 g/mol. The SMILES string of the molecule is [CH]1CCCCNO1. The highest BCUT2D eigenvalue weighted by Crippen LogP contribution is 2.00. The van der Waals surface area contributed by atoms with Gasteiger partial charge >= 0.3 is 0 Å². The van der Waals surface area contributed by atoms with Crippen molar-refractivity contribution in [3.05, 3.63) is 6.61 Å². The standard InChI is InChI=1S/C5H10NO/c1-2-4-6-7-5-3-1/h5-6H,1-4H2. The van der Waals surface area contributed by atoms with Crippen LogP contribution in [0.25, 0.3) is 0 Å². The maximum Gasteiger partial charge on any atom is 0.107 e. The molecule has 41 valence electrons. The van der Waals surface area contributed by atoms with E-state index in [2.05, 4.69) is 5.48 Å². The first kappa shape index (κ1) is 5.06. The molecule has 1 aliphatic heterocycles. The van der Waals surface area contributed by atoms with Crippen LogP contribution in [0.15, 0.2) is 0 Å². The van der Waals surface area contributed by atoms with Gasteiger partial charge in [-0.15, -0.1) is 0 Å². The molecule has 2 heteroatoms. The summed E-state index contributed by atoms with van der Waals surface area (Å²) in [7, 11) is 0. The Bertz CT molecular complexity index is 27.7. The van der Waals surface area contributed by atoms with Crippen LogP contribution in [0.1, 0.15) is 19.3 Å². The lowest BCUT2D eigenvalue weighted by Crippen LogP contribution is -2.10. The molecule has 0 bridgehead atoms. The minimum atomic E-state index is 0.997. The van der Waals surface area contributed by atoms with E-state index in [1.54, 1.807) is 0 Å². The second-order valence-electron chi connectivity index (χ2n) is 1.67. The zero-order chi connectivity index (χ0) is 4.95. The quantitative estimate of drug-likeness (QED) is 0.487. The molecule has 1 saturated heterocycles. The van der Waals surface area contributed by atoms with Gasteiger partial charge in [-0.3, -0.25) is 4.84 Å². The summed E-state index contributed by atoms with van der Waals surface area (Å²) < 4.78 is 0. The normalized spacial score (nSPS) is 24.0. The summed E-state index contributed by atoms with van der Waals surface area (Å²) in [6.45, 7) is 2.81. The Morgan fingerprint density at radius 2 is 2.43 bits per heavy atom. The summed E-state index contributed by atoms with van der Waals surface area (Å²) in [4.78, 5) is 4.82. The van der Waals surface area contributed by atoms with Gasteiger partial charge in [0.05, 0.1) is 0 Å². The first-order valence-corrected chi connectivity index (χ1v) is 2.70. The molecule has 1 fully saturated rings. The van der Waals surface area contributed by atoms with E-state index < -0.39 is 0 Å². The van der Waals surface area contributed by atoms with E-state index in [-0.39, 0.29) is 0 Å². The van der Waals surface area contributed by atoms with Gasteiger partial charge in [-0.1, -0.05) is 0 Å². The monoisotopic (exact) mass is 100 g/mol. The van der Waals surface area contributed by atoms with Crippen molar-refractivity contribution >= 4 is 0 Å². The zero-order valence-electron chi connectivity index (χ0n) is 4.31. The molecule has 0 atom stereocenters. The molecule has 0 unspecified atom stereocenters. The van der Waals surface area contributed by atoms with Crippen molar-refractivity contribution in [1.29, 1.82) is 0 Å². The van der Waals surface area contributed by atoms with Crippen LogP contribution in [0.2, 0.25) is 0 Å². The van der Waals surface area contributed by atoms with E-state index in [1.165, 1.54) is 12.8 Å².